The molecule has 1 aliphatic heterocycles. The Labute approximate surface area is 185 Å². The summed E-state index contributed by atoms with van der Waals surface area (Å²) in [5.74, 6) is 0.243. The van der Waals surface area contributed by atoms with Crippen LogP contribution in [0, 0.1) is 6.92 Å². The minimum atomic E-state index is -0.584. The van der Waals surface area contributed by atoms with Crippen LogP contribution in [0.4, 0.5) is 11.4 Å². The Morgan fingerprint density at radius 1 is 0.938 bits per heavy atom. The van der Waals surface area contributed by atoms with Crippen molar-refractivity contribution in [1.82, 2.24) is 0 Å². The van der Waals surface area contributed by atoms with E-state index in [1.165, 1.54) is 6.07 Å². The maximum Gasteiger partial charge on any atom is 0.348 e. The zero-order chi connectivity index (χ0) is 22.1. The second-order valence-corrected chi connectivity index (χ2v) is 7.87. The molecule has 0 amide bonds. The zero-order valence-electron chi connectivity index (χ0n) is 17.6. The SMILES string of the molecule is Cc1cc(O)c(C2=Nc3ccccc3NC(c3ccc(-c4ccccc4)cc3)C2)c(=O)o1. The molecular weight excluding hydrogens is 400 g/mol. The normalized spacial score (nSPS) is 15.3. The summed E-state index contributed by atoms with van der Waals surface area (Å²) in [5.41, 5.74) is 4.95. The van der Waals surface area contributed by atoms with Crippen molar-refractivity contribution in [3.05, 3.63) is 112 Å². The van der Waals surface area contributed by atoms with Gasteiger partial charge in [-0.2, -0.15) is 0 Å². The number of fused-ring (bicyclic) bond motifs is 1. The summed E-state index contributed by atoms with van der Waals surface area (Å²) in [6.07, 6.45) is 0.417. The number of hydrogen-bond acceptors (Lipinski definition) is 5. The van der Waals surface area contributed by atoms with Crippen LogP contribution in [0.3, 0.4) is 0 Å². The Morgan fingerprint density at radius 2 is 1.62 bits per heavy atom. The summed E-state index contributed by atoms with van der Waals surface area (Å²) in [4.78, 5) is 17.3. The number of aliphatic imine (C=N–C) groups is 1. The van der Waals surface area contributed by atoms with Crippen LogP contribution in [-0.2, 0) is 0 Å². The molecule has 0 saturated carbocycles. The Balaban J connectivity index is 1.56. The molecule has 0 radical (unpaired) electrons. The highest BCUT2D eigenvalue weighted by Crippen LogP contribution is 2.36. The van der Waals surface area contributed by atoms with E-state index in [0.717, 1.165) is 22.4 Å². The minimum absolute atomic E-state index is 0.111. The highest BCUT2D eigenvalue weighted by Gasteiger charge is 2.25. The summed E-state index contributed by atoms with van der Waals surface area (Å²) in [7, 11) is 0. The molecule has 0 bridgehead atoms. The maximum atomic E-state index is 12.6. The quantitative estimate of drug-likeness (QED) is 0.425. The third-order valence-electron chi connectivity index (χ3n) is 5.65. The Hall–Kier alpha value is -4.12. The first-order valence-electron chi connectivity index (χ1n) is 10.5. The number of aryl methyl sites for hydroxylation is 1. The van der Waals surface area contributed by atoms with Crippen molar-refractivity contribution in [1.29, 1.82) is 0 Å². The standard InChI is InChI=1S/C27H22N2O3/c1-17-15-25(30)26(27(31)32-17)24-16-23(28-21-9-5-6-10-22(21)29-24)20-13-11-19(12-14-20)18-7-3-2-4-8-18/h2-15,23,28,30H,16H2,1H3. The molecule has 0 fully saturated rings. The van der Waals surface area contributed by atoms with E-state index in [1.54, 1.807) is 6.92 Å². The summed E-state index contributed by atoms with van der Waals surface area (Å²) in [6, 6.07) is 27.6. The van der Waals surface area contributed by atoms with E-state index >= 15 is 0 Å². The summed E-state index contributed by atoms with van der Waals surface area (Å²) >= 11 is 0. The van der Waals surface area contributed by atoms with E-state index < -0.39 is 5.63 Å². The van der Waals surface area contributed by atoms with Crippen LogP contribution in [0.15, 0.2) is 99.1 Å². The van der Waals surface area contributed by atoms with Crippen LogP contribution in [0.2, 0.25) is 0 Å². The van der Waals surface area contributed by atoms with Crippen molar-refractivity contribution in [3.63, 3.8) is 0 Å². The van der Waals surface area contributed by atoms with Crippen LogP contribution < -0.4 is 10.9 Å². The number of rotatable bonds is 3. The lowest BCUT2D eigenvalue weighted by atomic mass is 9.95. The molecule has 4 aromatic rings. The van der Waals surface area contributed by atoms with Gasteiger partial charge in [-0.1, -0.05) is 66.7 Å². The van der Waals surface area contributed by atoms with Gasteiger partial charge in [-0.3, -0.25) is 4.99 Å². The second kappa shape index (κ2) is 8.19. The lowest BCUT2D eigenvalue weighted by Gasteiger charge is -2.20. The van der Waals surface area contributed by atoms with Gasteiger partial charge in [0.25, 0.3) is 0 Å². The van der Waals surface area contributed by atoms with Crippen molar-refractivity contribution in [2.24, 2.45) is 4.99 Å². The largest absolute Gasteiger partial charge is 0.507 e. The molecular formula is C27H22N2O3. The summed E-state index contributed by atoms with van der Waals surface area (Å²) in [6.45, 7) is 1.63. The third kappa shape index (κ3) is 3.81. The molecule has 158 valence electrons. The third-order valence-corrected chi connectivity index (χ3v) is 5.65. The molecule has 1 unspecified atom stereocenters. The molecule has 2 heterocycles. The first-order valence-corrected chi connectivity index (χ1v) is 10.5. The van der Waals surface area contributed by atoms with E-state index in [0.29, 0.717) is 23.6 Å². The van der Waals surface area contributed by atoms with Crippen molar-refractivity contribution >= 4 is 17.1 Å². The van der Waals surface area contributed by atoms with Crippen LogP contribution in [0.1, 0.15) is 29.3 Å². The molecule has 32 heavy (non-hydrogen) atoms. The number of para-hydroxylation sites is 2. The minimum Gasteiger partial charge on any atom is -0.507 e. The van der Waals surface area contributed by atoms with Crippen LogP contribution in [0.25, 0.3) is 11.1 Å². The summed E-state index contributed by atoms with van der Waals surface area (Å²) < 4.78 is 5.26. The van der Waals surface area contributed by atoms with Gasteiger partial charge in [0.2, 0.25) is 0 Å². The van der Waals surface area contributed by atoms with Crippen LogP contribution in [-0.4, -0.2) is 10.8 Å². The first-order chi connectivity index (χ1) is 15.6. The molecule has 5 heteroatoms. The highest BCUT2D eigenvalue weighted by molar-refractivity contribution is 6.05. The smallest absolute Gasteiger partial charge is 0.348 e. The Morgan fingerprint density at radius 3 is 2.38 bits per heavy atom. The van der Waals surface area contributed by atoms with Crippen molar-refractivity contribution < 1.29 is 9.52 Å². The fourth-order valence-electron chi connectivity index (χ4n) is 4.08. The van der Waals surface area contributed by atoms with Gasteiger partial charge in [-0.05, 0) is 35.7 Å². The van der Waals surface area contributed by atoms with Crippen molar-refractivity contribution in [3.8, 4) is 16.9 Å². The van der Waals surface area contributed by atoms with Gasteiger partial charge < -0.3 is 14.8 Å². The molecule has 1 aromatic heterocycles. The van der Waals surface area contributed by atoms with Gasteiger partial charge in [0, 0.05) is 12.5 Å². The average Bonchev–Trinajstić information content (AvgIpc) is 2.99. The zero-order valence-corrected chi connectivity index (χ0v) is 17.6. The summed E-state index contributed by atoms with van der Waals surface area (Å²) in [5, 5.41) is 14.1. The maximum absolute atomic E-state index is 12.6. The van der Waals surface area contributed by atoms with E-state index in [-0.39, 0.29) is 17.4 Å². The monoisotopic (exact) mass is 422 g/mol. The van der Waals surface area contributed by atoms with Gasteiger partial charge in [0.1, 0.15) is 17.1 Å². The molecule has 5 nitrogen and oxygen atoms in total. The van der Waals surface area contributed by atoms with Gasteiger partial charge in [-0.25, -0.2) is 4.79 Å². The van der Waals surface area contributed by atoms with E-state index in [4.69, 9.17) is 9.41 Å². The average molecular weight is 422 g/mol. The van der Waals surface area contributed by atoms with Crippen molar-refractivity contribution in [2.45, 2.75) is 19.4 Å². The number of aromatic hydroxyl groups is 1. The molecule has 3 aromatic carbocycles. The topological polar surface area (TPSA) is 74.8 Å². The molecule has 0 aliphatic carbocycles. The van der Waals surface area contributed by atoms with E-state index in [9.17, 15) is 9.90 Å². The highest BCUT2D eigenvalue weighted by atomic mass is 16.4. The lowest BCUT2D eigenvalue weighted by molar-refractivity contribution is 0.432. The Kier molecular flexibility index (Phi) is 5.07. The predicted octanol–water partition coefficient (Wildman–Crippen LogP) is 6.00. The molecule has 1 aliphatic rings. The molecule has 0 spiro atoms. The molecule has 0 saturated heterocycles. The van der Waals surface area contributed by atoms with E-state index in [1.807, 2.05) is 42.5 Å². The number of nitrogens with one attached hydrogen (secondary N) is 1. The van der Waals surface area contributed by atoms with Gasteiger partial charge in [0.15, 0.2) is 0 Å². The van der Waals surface area contributed by atoms with Gasteiger partial charge in [0.05, 0.1) is 23.1 Å². The fraction of sp³-hybridized carbons (Fsp3) is 0.111. The fourth-order valence-corrected chi connectivity index (χ4v) is 4.08. The second-order valence-electron chi connectivity index (χ2n) is 7.87. The van der Waals surface area contributed by atoms with Crippen LogP contribution >= 0.6 is 0 Å². The van der Waals surface area contributed by atoms with Gasteiger partial charge >= 0.3 is 5.63 Å². The number of benzene rings is 3. The Bertz CT molecular complexity index is 1360. The lowest BCUT2D eigenvalue weighted by Crippen LogP contribution is -2.20. The number of hydrogen-bond donors (Lipinski definition) is 2. The number of anilines is 1. The molecule has 5 rings (SSSR count). The first kappa shape index (κ1) is 19.8. The van der Waals surface area contributed by atoms with Crippen LogP contribution in [0.5, 0.6) is 5.75 Å². The number of nitrogens with zero attached hydrogens (tertiary/aromatic N) is 1. The van der Waals surface area contributed by atoms with Gasteiger partial charge in [-0.15, -0.1) is 0 Å². The molecule has 1 atom stereocenters. The van der Waals surface area contributed by atoms with E-state index in [2.05, 4.69) is 41.7 Å². The molecule has 2 N–H and O–H groups in total. The van der Waals surface area contributed by atoms with Crippen molar-refractivity contribution in [2.75, 3.05) is 5.32 Å². The predicted molar refractivity (Wildman–Crippen MR) is 127 cm³/mol.